The minimum atomic E-state index is 0. The van der Waals surface area contributed by atoms with Gasteiger partial charge in [-0.1, -0.05) is 55.1 Å². The molecule has 1 saturated carbocycles. The van der Waals surface area contributed by atoms with E-state index < -0.39 is 0 Å². The molecule has 6 heteroatoms. The Labute approximate surface area is 165 Å². The van der Waals surface area contributed by atoms with Crippen molar-refractivity contribution >= 4 is 46.0 Å². The number of aryl methyl sites for hydroxylation is 1. The first-order valence-electron chi connectivity index (χ1n) is 8.93. The molecule has 4 nitrogen and oxygen atoms in total. The summed E-state index contributed by atoms with van der Waals surface area (Å²) in [4.78, 5) is 20.7. The van der Waals surface area contributed by atoms with E-state index in [1.165, 1.54) is 44.1 Å². The predicted octanol–water partition coefficient (Wildman–Crippen LogP) is 4.62. The van der Waals surface area contributed by atoms with E-state index >= 15 is 0 Å². The van der Waals surface area contributed by atoms with Gasteiger partial charge in [0.1, 0.15) is 6.17 Å². The van der Waals surface area contributed by atoms with Crippen LogP contribution in [0.25, 0.3) is 0 Å². The summed E-state index contributed by atoms with van der Waals surface area (Å²) >= 11 is 1.78. The molecule has 1 atom stereocenters. The number of amides is 1. The van der Waals surface area contributed by atoms with Crippen LogP contribution in [0, 0.1) is 6.92 Å². The molecule has 1 aliphatic heterocycles. The highest BCUT2D eigenvalue weighted by molar-refractivity contribution is 8.93. The molecule has 0 radical (unpaired) electrons. The van der Waals surface area contributed by atoms with E-state index in [1.807, 2.05) is 17.0 Å². The quantitative estimate of drug-likeness (QED) is 0.521. The van der Waals surface area contributed by atoms with Gasteiger partial charge in [0.25, 0.3) is 0 Å². The van der Waals surface area contributed by atoms with E-state index in [0.717, 1.165) is 23.0 Å². The minimum absolute atomic E-state index is 0. The van der Waals surface area contributed by atoms with E-state index in [4.69, 9.17) is 4.99 Å². The van der Waals surface area contributed by atoms with Gasteiger partial charge in [-0.2, -0.15) is 0 Å². The van der Waals surface area contributed by atoms with Crippen LogP contribution in [0.5, 0.6) is 0 Å². The first kappa shape index (κ1) is 20.3. The fraction of sp³-hybridized carbons (Fsp3) is 0.579. The Balaban J connectivity index is 0.00000225. The molecule has 1 saturated heterocycles. The average Bonchev–Trinajstić information content (AvgIpc) is 2.79. The van der Waals surface area contributed by atoms with Crippen LogP contribution in [0.3, 0.4) is 0 Å². The van der Waals surface area contributed by atoms with Crippen LogP contribution in [0.15, 0.2) is 29.3 Å². The number of nitrogens with zero attached hydrogens (tertiary/aromatic N) is 3. The van der Waals surface area contributed by atoms with Gasteiger partial charge in [-0.25, -0.2) is 0 Å². The second-order valence-electron chi connectivity index (χ2n) is 6.81. The second-order valence-corrected chi connectivity index (χ2v) is 7.79. The summed E-state index contributed by atoms with van der Waals surface area (Å²) in [5, 5.41) is 1.09. The number of aliphatic imine (C=N–C) groups is 1. The number of rotatable bonds is 4. The molecule has 1 aliphatic carbocycles. The molecular weight excluding hydrogens is 398 g/mol. The van der Waals surface area contributed by atoms with Crippen molar-refractivity contribution in [3.05, 3.63) is 29.8 Å². The van der Waals surface area contributed by atoms with Crippen LogP contribution in [-0.2, 0) is 4.79 Å². The maximum absolute atomic E-state index is 11.7. The number of halogens is 1. The minimum Gasteiger partial charge on any atom is -0.333 e. The lowest BCUT2D eigenvalue weighted by atomic mass is 10.1. The van der Waals surface area contributed by atoms with Crippen molar-refractivity contribution in [1.82, 2.24) is 4.90 Å². The average molecular weight is 426 g/mol. The van der Waals surface area contributed by atoms with Crippen LogP contribution < -0.4 is 4.90 Å². The summed E-state index contributed by atoms with van der Waals surface area (Å²) in [5.74, 6) is 0.870. The van der Waals surface area contributed by atoms with Gasteiger partial charge >= 0.3 is 0 Å². The summed E-state index contributed by atoms with van der Waals surface area (Å²) < 4.78 is 0. The molecule has 1 aromatic carbocycles. The van der Waals surface area contributed by atoms with Crippen LogP contribution in [0.4, 0.5) is 5.69 Å². The van der Waals surface area contributed by atoms with Crippen LogP contribution >= 0.6 is 28.7 Å². The molecule has 1 amide bonds. The SMILES string of the molecule is Br.Cc1ccc(N(C=O)C2CSC(=NC3CCCCCC3)N2C)cc1. The number of hydrogen-bond donors (Lipinski definition) is 0. The lowest BCUT2D eigenvalue weighted by molar-refractivity contribution is -0.108. The Bertz CT molecular complexity index is 585. The van der Waals surface area contributed by atoms with Crippen molar-refractivity contribution in [3.8, 4) is 0 Å². The molecule has 0 aromatic heterocycles. The van der Waals surface area contributed by atoms with Gasteiger partial charge in [0.15, 0.2) is 5.17 Å². The van der Waals surface area contributed by atoms with Gasteiger partial charge in [0.2, 0.25) is 6.41 Å². The molecule has 2 fully saturated rings. The lowest BCUT2D eigenvalue weighted by Gasteiger charge is -2.30. The maximum Gasteiger partial charge on any atom is 0.215 e. The van der Waals surface area contributed by atoms with Crippen molar-refractivity contribution < 1.29 is 4.79 Å². The molecule has 0 N–H and O–H groups in total. The third-order valence-corrected chi connectivity index (χ3v) is 6.11. The lowest BCUT2D eigenvalue weighted by Crippen LogP contribution is -2.45. The van der Waals surface area contributed by atoms with Crippen LogP contribution in [0.1, 0.15) is 44.1 Å². The second kappa shape index (κ2) is 9.62. The van der Waals surface area contributed by atoms with E-state index in [-0.39, 0.29) is 23.1 Å². The molecule has 1 aromatic rings. The summed E-state index contributed by atoms with van der Waals surface area (Å²) in [6.45, 7) is 2.06. The zero-order chi connectivity index (χ0) is 16.9. The highest BCUT2D eigenvalue weighted by Gasteiger charge is 2.32. The molecule has 0 bridgehead atoms. The number of amidine groups is 1. The number of thioether (sulfide) groups is 1. The molecule has 1 unspecified atom stereocenters. The van der Waals surface area contributed by atoms with E-state index in [0.29, 0.717) is 6.04 Å². The fourth-order valence-corrected chi connectivity index (χ4v) is 4.68. The Morgan fingerprint density at radius 2 is 1.80 bits per heavy atom. The third-order valence-electron chi connectivity index (χ3n) is 4.99. The molecule has 2 aliphatic rings. The molecule has 138 valence electrons. The van der Waals surface area contributed by atoms with E-state index in [2.05, 4.69) is 31.0 Å². The summed E-state index contributed by atoms with van der Waals surface area (Å²) in [6, 6.07) is 8.59. The zero-order valence-electron chi connectivity index (χ0n) is 15.1. The van der Waals surface area contributed by atoms with Gasteiger partial charge in [-0.3, -0.25) is 14.7 Å². The first-order valence-corrected chi connectivity index (χ1v) is 9.91. The topological polar surface area (TPSA) is 35.9 Å². The van der Waals surface area contributed by atoms with Gasteiger partial charge in [0.05, 0.1) is 6.04 Å². The number of carbonyl (C=O) groups is 1. The zero-order valence-corrected chi connectivity index (χ0v) is 17.6. The number of carbonyl (C=O) groups excluding carboxylic acids is 1. The molecule has 0 spiro atoms. The smallest absolute Gasteiger partial charge is 0.215 e. The number of hydrogen-bond acceptors (Lipinski definition) is 3. The van der Waals surface area contributed by atoms with Gasteiger partial charge in [-0.15, -0.1) is 17.0 Å². The Kier molecular flexibility index (Phi) is 7.81. The van der Waals surface area contributed by atoms with Crippen molar-refractivity contribution in [2.24, 2.45) is 4.99 Å². The number of benzene rings is 1. The summed E-state index contributed by atoms with van der Waals surface area (Å²) in [7, 11) is 2.06. The van der Waals surface area contributed by atoms with E-state index in [9.17, 15) is 4.79 Å². The fourth-order valence-electron chi connectivity index (χ4n) is 3.45. The van der Waals surface area contributed by atoms with Crippen molar-refractivity contribution in [3.63, 3.8) is 0 Å². The van der Waals surface area contributed by atoms with Crippen LogP contribution in [0.2, 0.25) is 0 Å². The summed E-state index contributed by atoms with van der Waals surface area (Å²) in [5.41, 5.74) is 2.15. The van der Waals surface area contributed by atoms with E-state index in [1.54, 1.807) is 11.8 Å². The standard InChI is InChI=1S/C19H27N3OS.BrH/c1-15-9-11-17(12-10-15)22(14-23)18-13-24-19(21(18)2)20-16-7-5-3-4-6-8-16;/h9-12,14,16,18H,3-8,13H2,1-2H3;1H. The van der Waals surface area contributed by atoms with Gasteiger partial charge in [0, 0.05) is 18.5 Å². The van der Waals surface area contributed by atoms with Gasteiger partial charge in [-0.05, 0) is 31.9 Å². The molecular formula is C19H28BrN3OS. The van der Waals surface area contributed by atoms with Gasteiger partial charge < -0.3 is 4.90 Å². The molecule has 3 rings (SSSR count). The third kappa shape index (κ3) is 5.00. The van der Waals surface area contributed by atoms with Crippen molar-refractivity contribution in [1.29, 1.82) is 0 Å². The molecule has 25 heavy (non-hydrogen) atoms. The molecule has 1 heterocycles. The van der Waals surface area contributed by atoms with Crippen molar-refractivity contribution in [2.45, 2.75) is 57.7 Å². The first-order chi connectivity index (χ1) is 11.7. The maximum atomic E-state index is 11.7. The Hall–Kier alpha value is -1.01. The normalized spacial score (nSPS) is 23.2. The number of anilines is 1. The Morgan fingerprint density at radius 1 is 1.16 bits per heavy atom. The highest BCUT2D eigenvalue weighted by atomic mass is 79.9. The summed E-state index contributed by atoms with van der Waals surface area (Å²) in [6.07, 6.45) is 8.68. The van der Waals surface area contributed by atoms with Crippen molar-refractivity contribution in [2.75, 3.05) is 17.7 Å². The highest BCUT2D eigenvalue weighted by Crippen LogP contribution is 2.30. The Morgan fingerprint density at radius 3 is 2.40 bits per heavy atom. The predicted molar refractivity (Wildman–Crippen MR) is 113 cm³/mol. The monoisotopic (exact) mass is 425 g/mol. The van der Waals surface area contributed by atoms with Crippen LogP contribution in [-0.4, -0.2) is 41.5 Å². The largest absolute Gasteiger partial charge is 0.333 e.